The van der Waals surface area contributed by atoms with Crippen LogP contribution >= 0.6 is 0 Å². The van der Waals surface area contributed by atoms with Crippen LogP contribution in [0.5, 0.6) is 5.75 Å². The molecule has 4 rings (SSSR count). The number of aromatic nitrogens is 2. The summed E-state index contributed by atoms with van der Waals surface area (Å²) in [5.41, 5.74) is 7.70. The first kappa shape index (κ1) is 16.0. The predicted octanol–water partition coefficient (Wildman–Crippen LogP) is 4.63. The number of halogens is 3. The van der Waals surface area contributed by atoms with E-state index in [1.165, 1.54) is 24.5 Å². The van der Waals surface area contributed by atoms with E-state index in [2.05, 4.69) is 14.9 Å². The Hall–Kier alpha value is -3.49. The van der Waals surface area contributed by atoms with E-state index in [4.69, 9.17) is 14.6 Å². The van der Waals surface area contributed by atoms with Crippen LogP contribution in [0.4, 0.5) is 19.2 Å². The normalized spacial score (nSPS) is 11.8. The maximum Gasteiger partial charge on any atom is 0.573 e. The molecular formula is C17H10F3N3O3. The van der Waals surface area contributed by atoms with Crippen molar-refractivity contribution >= 4 is 17.0 Å². The third-order valence-corrected chi connectivity index (χ3v) is 3.64. The third kappa shape index (κ3) is 3.06. The predicted molar refractivity (Wildman–Crippen MR) is 86.0 cm³/mol. The molecular weight excluding hydrogens is 351 g/mol. The van der Waals surface area contributed by atoms with Crippen molar-refractivity contribution in [1.29, 1.82) is 0 Å². The van der Waals surface area contributed by atoms with E-state index < -0.39 is 6.36 Å². The summed E-state index contributed by atoms with van der Waals surface area (Å²) < 4.78 is 52.0. The van der Waals surface area contributed by atoms with Gasteiger partial charge in [0.2, 0.25) is 5.89 Å². The zero-order valence-electron chi connectivity index (χ0n) is 12.9. The van der Waals surface area contributed by atoms with Crippen molar-refractivity contribution in [2.24, 2.45) is 0 Å². The Kier molecular flexibility index (Phi) is 3.57. The molecule has 2 aromatic carbocycles. The van der Waals surface area contributed by atoms with Crippen LogP contribution in [0, 0.1) is 0 Å². The van der Waals surface area contributed by atoms with Crippen LogP contribution < -0.4 is 10.5 Å². The summed E-state index contributed by atoms with van der Waals surface area (Å²) in [6.07, 6.45) is -3.30. The Bertz CT molecular complexity index is 1090. The minimum atomic E-state index is -4.76. The van der Waals surface area contributed by atoms with E-state index in [0.717, 1.165) is 0 Å². The zero-order chi connectivity index (χ0) is 18.3. The minimum Gasteiger partial charge on any atom is -0.464 e. The summed E-state index contributed by atoms with van der Waals surface area (Å²) in [4.78, 5) is 0. The molecule has 0 aliphatic carbocycles. The summed E-state index contributed by atoms with van der Waals surface area (Å²) in [6, 6.07) is 10.7. The number of fused-ring (bicyclic) bond motifs is 1. The second-order valence-electron chi connectivity index (χ2n) is 5.38. The van der Waals surface area contributed by atoms with Crippen molar-refractivity contribution in [2.45, 2.75) is 6.36 Å². The molecule has 2 aromatic heterocycles. The molecule has 0 bridgehead atoms. The molecule has 0 unspecified atom stereocenters. The molecule has 2 heterocycles. The average molecular weight is 361 g/mol. The van der Waals surface area contributed by atoms with Crippen molar-refractivity contribution in [3.63, 3.8) is 0 Å². The fourth-order valence-corrected chi connectivity index (χ4v) is 2.60. The first-order chi connectivity index (χ1) is 12.4. The third-order valence-electron chi connectivity index (χ3n) is 3.64. The number of nitrogen functional groups attached to an aromatic ring is 1. The standard InChI is InChI=1S/C17H10F3N3O3/c18-17(19,20)26-11-3-1-2-9(6-11)13-8-24-14-5-4-10(7-12(13)14)15-22-23-16(21)25-15/h1-8H,(H2,21,23). The number of hydrogen-bond donors (Lipinski definition) is 1. The van der Waals surface area contributed by atoms with Crippen molar-refractivity contribution in [1.82, 2.24) is 10.2 Å². The number of benzene rings is 2. The molecule has 0 spiro atoms. The maximum absolute atomic E-state index is 12.4. The van der Waals surface area contributed by atoms with E-state index in [1.807, 2.05) is 0 Å². The van der Waals surface area contributed by atoms with Gasteiger partial charge in [-0.05, 0) is 35.9 Å². The number of rotatable bonds is 3. The summed E-state index contributed by atoms with van der Waals surface area (Å²) in [5, 5.41) is 8.09. The van der Waals surface area contributed by atoms with E-state index in [9.17, 15) is 13.2 Å². The van der Waals surface area contributed by atoms with Crippen molar-refractivity contribution in [3.8, 4) is 28.3 Å². The van der Waals surface area contributed by atoms with Crippen molar-refractivity contribution < 1.29 is 26.7 Å². The van der Waals surface area contributed by atoms with Gasteiger partial charge in [-0.3, -0.25) is 0 Å². The SMILES string of the molecule is Nc1nnc(-c2ccc3occ(-c4cccc(OC(F)(F)F)c4)c3c2)o1. The van der Waals surface area contributed by atoms with Crippen LogP contribution in [0.2, 0.25) is 0 Å². The molecule has 2 N–H and O–H groups in total. The highest BCUT2D eigenvalue weighted by molar-refractivity contribution is 5.96. The van der Waals surface area contributed by atoms with Gasteiger partial charge in [0.15, 0.2) is 0 Å². The molecule has 0 fully saturated rings. The van der Waals surface area contributed by atoms with E-state index in [-0.39, 0.29) is 17.7 Å². The Balaban J connectivity index is 1.78. The Morgan fingerprint density at radius 3 is 2.58 bits per heavy atom. The smallest absolute Gasteiger partial charge is 0.464 e. The summed E-state index contributed by atoms with van der Waals surface area (Å²) in [6.45, 7) is 0. The van der Waals surface area contributed by atoms with Gasteiger partial charge in [-0.2, -0.15) is 0 Å². The minimum absolute atomic E-state index is 0.0653. The molecule has 0 aliphatic rings. The molecule has 26 heavy (non-hydrogen) atoms. The number of anilines is 1. The molecule has 0 aliphatic heterocycles. The number of nitrogens with zero attached hydrogens (tertiary/aromatic N) is 2. The Labute approximate surface area is 144 Å². The highest BCUT2D eigenvalue weighted by Gasteiger charge is 2.31. The zero-order valence-corrected chi connectivity index (χ0v) is 12.9. The van der Waals surface area contributed by atoms with Crippen LogP contribution in [0.25, 0.3) is 33.6 Å². The summed E-state index contributed by atoms with van der Waals surface area (Å²) >= 11 is 0. The van der Waals surface area contributed by atoms with Gasteiger partial charge in [0.05, 0.1) is 6.26 Å². The number of ether oxygens (including phenoxy) is 1. The van der Waals surface area contributed by atoms with Gasteiger partial charge in [-0.25, -0.2) is 0 Å². The van der Waals surface area contributed by atoms with Crippen LogP contribution in [0.3, 0.4) is 0 Å². The lowest BCUT2D eigenvalue weighted by Gasteiger charge is -2.09. The molecule has 0 atom stereocenters. The number of hydrogen-bond acceptors (Lipinski definition) is 6. The highest BCUT2D eigenvalue weighted by atomic mass is 19.4. The Morgan fingerprint density at radius 1 is 1.00 bits per heavy atom. The molecule has 132 valence electrons. The van der Waals surface area contributed by atoms with E-state index >= 15 is 0 Å². The summed E-state index contributed by atoms with van der Waals surface area (Å²) in [7, 11) is 0. The average Bonchev–Trinajstić information content (AvgIpc) is 3.19. The fourth-order valence-electron chi connectivity index (χ4n) is 2.60. The number of alkyl halides is 3. The largest absolute Gasteiger partial charge is 0.573 e. The maximum atomic E-state index is 12.4. The van der Waals surface area contributed by atoms with Crippen LogP contribution in [-0.2, 0) is 0 Å². The molecule has 0 radical (unpaired) electrons. The molecule has 9 heteroatoms. The molecule has 6 nitrogen and oxygen atoms in total. The van der Waals surface area contributed by atoms with Gasteiger partial charge < -0.3 is 19.3 Å². The summed E-state index contributed by atoms with van der Waals surface area (Å²) in [5.74, 6) is -0.0871. The molecule has 0 amide bonds. The van der Waals surface area contributed by atoms with Crippen molar-refractivity contribution in [3.05, 3.63) is 48.7 Å². The molecule has 4 aromatic rings. The molecule has 0 saturated heterocycles. The lowest BCUT2D eigenvalue weighted by Crippen LogP contribution is -2.17. The van der Waals surface area contributed by atoms with Gasteiger partial charge in [0, 0.05) is 16.5 Å². The van der Waals surface area contributed by atoms with Gasteiger partial charge in [-0.15, -0.1) is 18.3 Å². The van der Waals surface area contributed by atoms with Crippen LogP contribution in [0.1, 0.15) is 0 Å². The van der Waals surface area contributed by atoms with E-state index in [0.29, 0.717) is 27.7 Å². The van der Waals surface area contributed by atoms with Gasteiger partial charge in [0.1, 0.15) is 11.3 Å². The van der Waals surface area contributed by atoms with Gasteiger partial charge in [-0.1, -0.05) is 17.2 Å². The monoisotopic (exact) mass is 361 g/mol. The lowest BCUT2D eigenvalue weighted by molar-refractivity contribution is -0.274. The van der Waals surface area contributed by atoms with Crippen LogP contribution in [-0.4, -0.2) is 16.6 Å². The second kappa shape index (κ2) is 5.80. The first-order valence-electron chi connectivity index (χ1n) is 7.36. The van der Waals surface area contributed by atoms with Gasteiger partial charge in [0.25, 0.3) is 0 Å². The first-order valence-corrected chi connectivity index (χ1v) is 7.36. The topological polar surface area (TPSA) is 87.3 Å². The van der Waals surface area contributed by atoms with Gasteiger partial charge >= 0.3 is 12.4 Å². The number of nitrogens with two attached hydrogens (primary N) is 1. The lowest BCUT2D eigenvalue weighted by atomic mass is 10.0. The van der Waals surface area contributed by atoms with Crippen LogP contribution in [0.15, 0.2) is 57.6 Å². The molecule has 0 saturated carbocycles. The quantitative estimate of drug-likeness (QED) is 0.572. The number of furan rings is 1. The van der Waals surface area contributed by atoms with E-state index in [1.54, 1.807) is 24.3 Å². The Morgan fingerprint density at radius 2 is 1.85 bits per heavy atom. The second-order valence-corrected chi connectivity index (χ2v) is 5.38. The fraction of sp³-hybridized carbons (Fsp3) is 0.0588. The highest BCUT2D eigenvalue weighted by Crippen LogP contribution is 2.35. The van der Waals surface area contributed by atoms with Crippen molar-refractivity contribution in [2.75, 3.05) is 5.73 Å².